The van der Waals surface area contributed by atoms with Gasteiger partial charge in [0.05, 0.1) is 11.4 Å². The first-order chi connectivity index (χ1) is 26.2. The molecule has 53 heavy (non-hydrogen) atoms. The summed E-state index contributed by atoms with van der Waals surface area (Å²) in [5.41, 5.74) is 13.4. The van der Waals surface area contributed by atoms with Crippen molar-refractivity contribution in [2.75, 3.05) is 0 Å². The van der Waals surface area contributed by atoms with E-state index >= 15 is 0 Å². The number of nitrogens with zero attached hydrogens (tertiary/aromatic N) is 2. The highest BCUT2D eigenvalue weighted by atomic mass is 16.3. The van der Waals surface area contributed by atoms with Gasteiger partial charge in [-0.25, -0.2) is 9.97 Å². The summed E-state index contributed by atoms with van der Waals surface area (Å²) in [5.74, 6) is 0.693. The predicted octanol–water partition coefficient (Wildman–Crippen LogP) is 13.5. The maximum absolute atomic E-state index is 6.61. The molecule has 3 nitrogen and oxygen atoms in total. The maximum atomic E-state index is 6.61. The van der Waals surface area contributed by atoms with Gasteiger partial charge in [-0.2, -0.15) is 0 Å². The lowest BCUT2D eigenvalue weighted by molar-refractivity contribution is 0.669. The Morgan fingerprint density at radius 1 is 0.321 bits per heavy atom. The average Bonchev–Trinajstić information content (AvgIpc) is 3.61. The van der Waals surface area contributed by atoms with Crippen LogP contribution in [-0.4, -0.2) is 9.97 Å². The minimum atomic E-state index is 0.693. The van der Waals surface area contributed by atoms with Gasteiger partial charge in [-0.15, -0.1) is 0 Å². The minimum Gasteiger partial charge on any atom is -0.456 e. The third kappa shape index (κ3) is 5.75. The van der Waals surface area contributed by atoms with Gasteiger partial charge in [-0.05, 0) is 92.7 Å². The second-order valence-electron chi connectivity index (χ2n) is 13.4. The van der Waals surface area contributed by atoms with Crippen LogP contribution >= 0.6 is 0 Å². The van der Waals surface area contributed by atoms with Crippen molar-refractivity contribution in [1.82, 2.24) is 9.97 Å². The van der Waals surface area contributed by atoms with E-state index in [2.05, 4.69) is 170 Å². The molecule has 248 valence electrons. The number of furan rings is 1. The lowest BCUT2D eigenvalue weighted by Crippen LogP contribution is -1.96. The molecule has 0 unspecified atom stereocenters. The van der Waals surface area contributed by atoms with Crippen molar-refractivity contribution in [3.8, 4) is 67.3 Å². The molecule has 0 radical (unpaired) electrons. The molecule has 10 rings (SSSR count). The van der Waals surface area contributed by atoms with Crippen LogP contribution in [-0.2, 0) is 0 Å². The van der Waals surface area contributed by atoms with Crippen LogP contribution in [0.1, 0.15) is 0 Å². The Morgan fingerprint density at radius 3 is 1.60 bits per heavy atom. The number of aromatic nitrogens is 2. The molecule has 3 heteroatoms. The van der Waals surface area contributed by atoms with E-state index in [-0.39, 0.29) is 0 Å². The summed E-state index contributed by atoms with van der Waals surface area (Å²) in [4.78, 5) is 10.3. The first-order valence-electron chi connectivity index (χ1n) is 17.9. The predicted molar refractivity (Wildman–Crippen MR) is 219 cm³/mol. The Morgan fingerprint density at radius 2 is 0.906 bits per heavy atom. The molecule has 0 N–H and O–H groups in total. The van der Waals surface area contributed by atoms with Crippen molar-refractivity contribution in [3.63, 3.8) is 0 Å². The van der Waals surface area contributed by atoms with Gasteiger partial charge in [0, 0.05) is 27.5 Å². The lowest BCUT2D eigenvalue weighted by atomic mass is 9.92. The standard InChI is InChI=1S/C50H32N2O/c1-5-14-33(15-6-1)37-24-25-38-30-44-48(31-40(38)26-37)53-47-23-13-22-43(49(44)47)41-27-39(34-16-7-2-8-17-34)28-42(29-41)46-32-45(35-18-9-3-10-19-35)51-50(52-46)36-20-11-4-12-21-36/h1-32H. The van der Waals surface area contributed by atoms with E-state index in [1.807, 2.05) is 24.3 Å². The number of benzene rings is 8. The number of rotatable bonds is 6. The monoisotopic (exact) mass is 676 g/mol. The minimum absolute atomic E-state index is 0.693. The Hall–Kier alpha value is -7.10. The number of hydrogen-bond donors (Lipinski definition) is 0. The van der Waals surface area contributed by atoms with Crippen LogP contribution in [0.2, 0.25) is 0 Å². The molecule has 8 aromatic carbocycles. The van der Waals surface area contributed by atoms with Crippen LogP contribution in [0.25, 0.3) is 100.0 Å². The normalized spacial score (nSPS) is 11.4. The molecule has 0 amide bonds. The van der Waals surface area contributed by atoms with Crippen molar-refractivity contribution >= 4 is 32.7 Å². The van der Waals surface area contributed by atoms with E-state index in [1.165, 1.54) is 16.5 Å². The zero-order valence-corrected chi connectivity index (χ0v) is 28.8. The van der Waals surface area contributed by atoms with Crippen LogP contribution in [0.3, 0.4) is 0 Å². The molecular formula is C50H32N2O. The summed E-state index contributed by atoms with van der Waals surface area (Å²) in [6.45, 7) is 0. The van der Waals surface area contributed by atoms with Crippen LogP contribution in [0, 0.1) is 0 Å². The first kappa shape index (κ1) is 30.7. The molecule has 0 saturated heterocycles. The van der Waals surface area contributed by atoms with Gasteiger partial charge < -0.3 is 4.42 Å². The Bertz CT molecular complexity index is 2860. The fourth-order valence-corrected chi connectivity index (χ4v) is 7.42. The van der Waals surface area contributed by atoms with Gasteiger partial charge in [0.25, 0.3) is 0 Å². The molecule has 2 heterocycles. The molecule has 0 aliphatic rings. The molecule has 0 fully saturated rings. The molecule has 0 saturated carbocycles. The van der Waals surface area contributed by atoms with E-state index in [0.717, 1.165) is 77.7 Å². The van der Waals surface area contributed by atoms with Crippen molar-refractivity contribution in [1.29, 1.82) is 0 Å². The summed E-state index contributed by atoms with van der Waals surface area (Å²) in [7, 11) is 0. The fourth-order valence-electron chi connectivity index (χ4n) is 7.42. The summed E-state index contributed by atoms with van der Waals surface area (Å²) >= 11 is 0. The van der Waals surface area contributed by atoms with Crippen molar-refractivity contribution in [2.45, 2.75) is 0 Å². The molecule has 0 bridgehead atoms. The molecule has 2 aromatic heterocycles. The second-order valence-corrected chi connectivity index (χ2v) is 13.4. The summed E-state index contributed by atoms with van der Waals surface area (Å²) < 4.78 is 6.61. The molecular weight excluding hydrogens is 645 g/mol. The Kier molecular flexibility index (Phi) is 7.47. The van der Waals surface area contributed by atoms with Crippen LogP contribution in [0.15, 0.2) is 199 Å². The molecule has 10 aromatic rings. The van der Waals surface area contributed by atoms with Gasteiger partial charge >= 0.3 is 0 Å². The number of fused-ring (bicyclic) bond motifs is 4. The van der Waals surface area contributed by atoms with E-state index < -0.39 is 0 Å². The van der Waals surface area contributed by atoms with Crippen molar-refractivity contribution in [2.24, 2.45) is 0 Å². The van der Waals surface area contributed by atoms with E-state index in [4.69, 9.17) is 14.4 Å². The third-order valence-electron chi connectivity index (χ3n) is 10.0. The Balaban J connectivity index is 1.18. The average molecular weight is 677 g/mol. The lowest BCUT2D eigenvalue weighted by Gasteiger charge is -2.14. The molecule has 0 aliphatic heterocycles. The third-order valence-corrected chi connectivity index (χ3v) is 10.0. The van der Waals surface area contributed by atoms with Crippen LogP contribution < -0.4 is 0 Å². The quantitative estimate of drug-likeness (QED) is 0.176. The fraction of sp³-hybridized carbons (Fsp3) is 0. The van der Waals surface area contributed by atoms with Crippen molar-refractivity contribution in [3.05, 3.63) is 194 Å². The highest BCUT2D eigenvalue weighted by Crippen LogP contribution is 2.41. The zero-order valence-electron chi connectivity index (χ0n) is 28.8. The summed E-state index contributed by atoms with van der Waals surface area (Å²) in [6, 6.07) is 68.0. The van der Waals surface area contributed by atoms with Gasteiger partial charge in [0.2, 0.25) is 0 Å². The summed E-state index contributed by atoms with van der Waals surface area (Å²) in [6.07, 6.45) is 0. The highest BCUT2D eigenvalue weighted by Gasteiger charge is 2.17. The molecule has 0 atom stereocenters. The van der Waals surface area contributed by atoms with E-state index in [1.54, 1.807) is 0 Å². The topological polar surface area (TPSA) is 38.9 Å². The van der Waals surface area contributed by atoms with Gasteiger partial charge in [-0.1, -0.05) is 146 Å². The summed E-state index contributed by atoms with van der Waals surface area (Å²) in [5, 5.41) is 4.53. The highest BCUT2D eigenvalue weighted by molar-refractivity contribution is 6.16. The SMILES string of the molecule is c1ccc(-c2cc(-c3cc(-c4ccccc4)nc(-c4ccccc4)n3)cc(-c3cccc4oc5cc6cc(-c7ccccc7)ccc6cc5c34)c2)cc1. The van der Waals surface area contributed by atoms with Crippen molar-refractivity contribution < 1.29 is 4.42 Å². The molecule has 0 spiro atoms. The van der Waals surface area contributed by atoms with E-state index in [0.29, 0.717) is 5.82 Å². The largest absolute Gasteiger partial charge is 0.456 e. The number of hydrogen-bond acceptors (Lipinski definition) is 3. The van der Waals surface area contributed by atoms with Crippen LogP contribution in [0.5, 0.6) is 0 Å². The second kappa shape index (κ2) is 12.9. The first-order valence-corrected chi connectivity index (χ1v) is 17.9. The van der Waals surface area contributed by atoms with Gasteiger partial charge in [-0.3, -0.25) is 0 Å². The molecule has 0 aliphatic carbocycles. The van der Waals surface area contributed by atoms with Gasteiger partial charge in [0.15, 0.2) is 5.82 Å². The van der Waals surface area contributed by atoms with Crippen LogP contribution in [0.4, 0.5) is 0 Å². The van der Waals surface area contributed by atoms with E-state index in [9.17, 15) is 0 Å². The zero-order chi connectivity index (χ0) is 35.1. The Labute approximate surface area is 307 Å². The maximum Gasteiger partial charge on any atom is 0.160 e. The smallest absolute Gasteiger partial charge is 0.160 e. The van der Waals surface area contributed by atoms with Gasteiger partial charge in [0.1, 0.15) is 11.2 Å².